The van der Waals surface area contributed by atoms with Gasteiger partial charge in [-0.15, -0.1) is 0 Å². The van der Waals surface area contributed by atoms with Gasteiger partial charge in [-0.1, -0.05) is 66.9 Å². The van der Waals surface area contributed by atoms with Gasteiger partial charge in [-0.25, -0.2) is 0 Å². The smallest absolute Gasteiger partial charge is 0.249 e. The van der Waals surface area contributed by atoms with Gasteiger partial charge in [0.2, 0.25) is 5.91 Å². The van der Waals surface area contributed by atoms with E-state index in [0.717, 1.165) is 29.5 Å². The van der Waals surface area contributed by atoms with Crippen LogP contribution < -0.4 is 9.47 Å². The summed E-state index contributed by atoms with van der Waals surface area (Å²) < 4.78 is 23.1. The number of halogens is 2. The van der Waals surface area contributed by atoms with Gasteiger partial charge in [0, 0.05) is 10.0 Å². The van der Waals surface area contributed by atoms with Crippen LogP contribution in [-0.4, -0.2) is 44.3 Å². The molecule has 0 N–H and O–H groups in total. The summed E-state index contributed by atoms with van der Waals surface area (Å²) in [5.74, 6) is 1.24. The first-order valence-electron chi connectivity index (χ1n) is 12.7. The molecule has 4 rings (SSSR count). The zero-order chi connectivity index (χ0) is 27.1. The van der Waals surface area contributed by atoms with Crippen molar-refractivity contribution in [2.24, 2.45) is 0 Å². The fourth-order valence-electron chi connectivity index (χ4n) is 4.94. The maximum absolute atomic E-state index is 13.5. The molecule has 0 unspecified atom stereocenters. The number of nitrogens with zero attached hydrogens (tertiary/aromatic N) is 1. The van der Waals surface area contributed by atoms with Crippen molar-refractivity contribution >= 4 is 29.1 Å². The number of rotatable bonds is 11. The normalized spacial score (nSPS) is 18.3. The molecule has 0 bridgehead atoms. The average Bonchev–Trinajstić information content (AvgIpc) is 2.93. The number of hydrogen-bond donors (Lipinski definition) is 0. The summed E-state index contributed by atoms with van der Waals surface area (Å²) in [7, 11) is 3.22. The molecular weight excluding hydrogens is 525 g/mol. The minimum absolute atomic E-state index is 0.0167. The number of benzene rings is 3. The van der Waals surface area contributed by atoms with Crippen LogP contribution in [0.25, 0.3) is 0 Å². The molecule has 1 aliphatic heterocycles. The van der Waals surface area contributed by atoms with Gasteiger partial charge >= 0.3 is 0 Å². The standard InChI is InChI=1S/C30H33Cl2NO5/c1-4-6-25(18-37-17-20-9-14-26(35-2)27(15-20)36-3)33-28(34)19-38-30(22-7-5-8-24(32)16-22)29(33)21-10-12-23(31)13-11-21/h5,7-16,25,29-30H,4,6,17-19H2,1-3H3/t25-,29+,30+/m0/s1. The average molecular weight is 559 g/mol. The topological polar surface area (TPSA) is 57.2 Å². The molecule has 3 aromatic carbocycles. The molecule has 8 heteroatoms. The molecule has 1 aliphatic rings. The van der Waals surface area contributed by atoms with Gasteiger partial charge in [-0.3, -0.25) is 4.79 Å². The zero-order valence-electron chi connectivity index (χ0n) is 21.9. The lowest BCUT2D eigenvalue weighted by Gasteiger charge is -2.45. The van der Waals surface area contributed by atoms with Crippen LogP contribution in [0.2, 0.25) is 10.0 Å². The summed E-state index contributed by atoms with van der Waals surface area (Å²) in [5, 5.41) is 1.25. The molecule has 0 aromatic heterocycles. The quantitative estimate of drug-likeness (QED) is 0.253. The minimum atomic E-state index is -0.391. The molecule has 1 amide bonds. The summed E-state index contributed by atoms with van der Waals surface area (Å²) in [6.07, 6.45) is 1.28. The van der Waals surface area contributed by atoms with E-state index in [4.69, 9.17) is 42.1 Å². The Hall–Kier alpha value is -2.77. The molecule has 0 aliphatic carbocycles. The van der Waals surface area contributed by atoms with Crippen LogP contribution >= 0.6 is 23.2 Å². The fraction of sp³-hybridized carbons (Fsp3) is 0.367. The van der Waals surface area contributed by atoms with E-state index in [9.17, 15) is 4.79 Å². The second-order valence-electron chi connectivity index (χ2n) is 9.23. The molecule has 0 radical (unpaired) electrons. The first kappa shape index (κ1) is 28.2. The number of hydrogen-bond acceptors (Lipinski definition) is 5. The van der Waals surface area contributed by atoms with Crippen molar-refractivity contribution < 1.29 is 23.7 Å². The molecule has 6 nitrogen and oxygen atoms in total. The van der Waals surface area contributed by atoms with E-state index in [0.29, 0.717) is 34.8 Å². The number of ether oxygens (including phenoxy) is 4. The number of methoxy groups -OCH3 is 2. The molecule has 3 atom stereocenters. The first-order chi connectivity index (χ1) is 18.4. The van der Waals surface area contributed by atoms with Crippen molar-refractivity contribution in [2.75, 3.05) is 27.4 Å². The Balaban J connectivity index is 1.62. The van der Waals surface area contributed by atoms with E-state index in [2.05, 4.69) is 6.92 Å². The van der Waals surface area contributed by atoms with Gasteiger partial charge in [0.1, 0.15) is 12.7 Å². The summed E-state index contributed by atoms with van der Waals surface area (Å²) in [4.78, 5) is 15.4. The van der Waals surface area contributed by atoms with Gasteiger partial charge < -0.3 is 23.8 Å². The number of amides is 1. The molecule has 202 valence electrons. The third kappa shape index (κ3) is 6.62. The van der Waals surface area contributed by atoms with Crippen LogP contribution in [0.3, 0.4) is 0 Å². The van der Waals surface area contributed by atoms with Crippen LogP contribution in [0.4, 0.5) is 0 Å². The van der Waals surface area contributed by atoms with Crippen LogP contribution in [0, 0.1) is 0 Å². The van der Waals surface area contributed by atoms with Crippen molar-refractivity contribution in [3.63, 3.8) is 0 Å². The number of carbonyl (C=O) groups is 1. The third-order valence-corrected chi connectivity index (χ3v) is 7.18. The first-order valence-corrected chi connectivity index (χ1v) is 13.4. The van der Waals surface area contributed by atoms with Crippen molar-refractivity contribution in [3.8, 4) is 11.5 Å². The molecule has 3 aromatic rings. The lowest BCUT2D eigenvalue weighted by molar-refractivity contribution is -0.166. The van der Waals surface area contributed by atoms with Gasteiger partial charge in [-0.2, -0.15) is 0 Å². The Morgan fingerprint density at radius 1 is 0.947 bits per heavy atom. The second kappa shape index (κ2) is 13.3. The van der Waals surface area contributed by atoms with Crippen LogP contribution in [0.15, 0.2) is 66.7 Å². The lowest BCUT2D eigenvalue weighted by Crippen LogP contribution is -2.52. The van der Waals surface area contributed by atoms with Crippen LogP contribution in [0.5, 0.6) is 11.5 Å². The largest absolute Gasteiger partial charge is 0.493 e. The molecule has 1 saturated heterocycles. The molecule has 1 fully saturated rings. The fourth-order valence-corrected chi connectivity index (χ4v) is 5.26. The SMILES string of the molecule is CCC[C@@H](COCc1ccc(OC)c(OC)c1)N1C(=O)CO[C@H](c2cccc(Cl)c2)[C@H]1c1ccc(Cl)cc1. The Kier molecular flexibility index (Phi) is 9.91. The molecule has 0 spiro atoms. The molecule has 1 heterocycles. The maximum atomic E-state index is 13.5. The highest BCUT2D eigenvalue weighted by Crippen LogP contribution is 2.42. The van der Waals surface area contributed by atoms with Crippen molar-refractivity contribution in [3.05, 3.63) is 93.5 Å². The molecular formula is C30H33Cl2NO5. The van der Waals surface area contributed by atoms with Crippen LogP contribution in [0.1, 0.15) is 48.6 Å². The number of morpholine rings is 1. The van der Waals surface area contributed by atoms with Crippen molar-refractivity contribution in [1.29, 1.82) is 0 Å². The highest BCUT2D eigenvalue weighted by atomic mass is 35.5. The highest BCUT2D eigenvalue weighted by molar-refractivity contribution is 6.30. The summed E-state index contributed by atoms with van der Waals surface area (Å²) >= 11 is 12.5. The second-order valence-corrected chi connectivity index (χ2v) is 10.1. The maximum Gasteiger partial charge on any atom is 0.249 e. The van der Waals surface area contributed by atoms with E-state index in [1.54, 1.807) is 14.2 Å². The monoisotopic (exact) mass is 557 g/mol. The molecule has 0 saturated carbocycles. The summed E-state index contributed by atoms with van der Waals surface area (Å²) in [6.45, 7) is 2.85. The lowest BCUT2D eigenvalue weighted by atomic mass is 9.91. The van der Waals surface area contributed by atoms with Gasteiger partial charge in [0.25, 0.3) is 0 Å². The van der Waals surface area contributed by atoms with E-state index >= 15 is 0 Å². The van der Waals surface area contributed by atoms with Gasteiger partial charge in [-0.05, 0) is 59.5 Å². The van der Waals surface area contributed by atoms with Crippen molar-refractivity contribution in [1.82, 2.24) is 4.90 Å². The van der Waals surface area contributed by atoms with Crippen molar-refractivity contribution in [2.45, 2.75) is 44.6 Å². The highest BCUT2D eigenvalue weighted by Gasteiger charge is 2.42. The van der Waals surface area contributed by atoms with E-state index in [-0.39, 0.29) is 24.6 Å². The Morgan fingerprint density at radius 2 is 1.71 bits per heavy atom. The third-order valence-electron chi connectivity index (χ3n) is 6.69. The van der Waals surface area contributed by atoms with Crippen LogP contribution in [-0.2, 0) is 20.9 Å². The Bertz CT molecular complexity index is 1220. The van der Waals surface area contributed by atoms with E-state index < -0.39 is 6.10 Å². The number of carbonyl (C=O) groups excluding carboxylic acids is 1. The summed E-state index contributed by atoms with van der Waals surface area (Å²) in [6, 6.07) is 20.4. The Morgan fingerprint density at radius 3 is 2.39 bits per heavy atom. The van der Waals surface area contributed by atoms with E-state index in [1.807, 2.05) is 71.6 Å². The Labute approximate surface area is 234 Å². The van der Waals surface area contributed by atoms with Gasteiger partial charge in [0.05, 0.1) is 39.5 Å². The predicted molar refractivity (Wildman–Crippen MR) is 149 cm³/mol. The zero-order valence-corrected chi connectivity index (χ0v) is 23.4. The summed E-state index contributed by atoms with van der Waals surface area (Å²) in [5.41, 5.74) is 2.81. The minimum Gasteiger partial charge on any atom is -0.493 e. The van der Waals surface area contributed by atoms with Gasteiger partial charge in [0.15, 0.2) is 11.5 Å². The van der Waals surface area contributed by atoms with E-state index in [1.165, 1.54) is 0 Å². The molecule has 38 heavy (non-hydrogen) atoms. The predicted octanol–water partition coefficient (Wildman–Crippen LogP) is 7.04.